The molecule has 5 aromatic carbocycles. The fourth-order valence-corrected chi connectivity index (χ4v) is 15.2. The summed E-state index contributed by atoms with van der Waals surface area (Å²) in [5, 5.41) is 140. The minimum Gasteiger partial charge on any atom is -0.508 e. The number of halogens is 1. The number of aliphatic hydroxyl groups is 7. The minimum absolute atomic E-state index is 0.0131. The summed E-state index contributed by atoms with van der Waals surface area (Å²) in [6, 6.07) is 0.678. The van der Waals surface area contributed by atoms with Crippen molar-refractivity contribution in [2.45, 2.75) is 194 Å². The Hall–Kier alpha value is -10.3. The molecule has 3 saturated heterocycles. The summed E-state index contributed by atoms with van der Waals surface area (Å²) in [6.07, 6.45) is -23.1. The van der Waals surface area contributed by atoms with Crippen molar-refractivity contribution in [3.05, 3.63) is 118 Å². The van der Waals surface area contributed by atoms with Gasteiger partial charge in [0, 0.05) is 60.3 Å². The number of primary amides is 1. The molecule has 7 amide bonds. The molecule has 9 aliphatic heterocycles. The van der Waals surface area contributed by atoms with E-state index >= 15 is 24.0 Å². The van der Waals surface area contributed by atoms with Crippen molar-refractivity contribution < 1.29 is 137 Å². The van der Waals surface area contributed by atoms with E-state index in [4.69, 9.17) is 71.4 Å². The average Bonchev–Trinajstić information content (AvgIpc) is 0.838. The highest BCUT2D eigenvalue weighted by Gasteiger charge is 2.53. The first-order chi connectivity index (χ1) is 54.8. The number of carboxylic acids is 1. The number of phenols is 3. The smallest absolute Gasteiger partial charge is 0.330 e. The molecular formula is C76H92ClN11O28. The fraction of sp³-hybridized carbons (Fsp3) is 0.487. The third-order valence-electron chi connectivity index (χ3n) is 21.3. The molecule has 40 heteroatoms. The van der Waals surface area contributed by atoms with Gasteiger partial charge in [0.15, 0.2) is 36.2 Å². The highest BCUT2D eigenvalue weighted by molar-refractivity contribution is 6.32. The number of benzene rings is 5. The van der Waals surface area contributed by atoms with Gasteiger partial charge in [0.2, 0.25) is 53.4 Å². The summed E-state index contributed by atoms with van der Waals surface area (Å²) in [5.74, 6) is -16.5. The Morgan fingerprint density at radius 2 is 1.33 bits per heavy atom. The van der Waals surface area contributed by atoms with Crippen LogP contribution in [0.15, 0.2) is 89.9 Å². The van der Waals surface area contributed by atoms with Crippen LogP contribution in [0.1, 0.15) is 118 Å². The second kappa shape index (κ2) is 34.5. The van der Waals surface area contributed by atoms with Crippen molar-refractivity contribution in [2.75, 3.05) is 33.4 Å². The lowest BCUT2D eigenvalue weighted by Gasteiger charge is -2.47. The lowest BCUT2D eigenvalue weighted by Crippen LogP contribution is -2.64. The Morgan fingerprint density at radius 3 is 1.94 bits per heavy atom. The predicted octanol–water partition coefficient (Wildman–Crippen LogP) is -1.24. The highest BCUT2D eigenvalue weighted by atomic mass is 35.5. The maximum Gasteiger partial charge on any atom is 0.330 e. The summed E-state index contributed by atoms with van der Waals surface area (Å²) in [7, 11) is 1.45. The topological polar surface area (TPSA) is 608 Å². The number of aliphatic imine (C=N–C) groups is 1. The second-order valence-electron chi connectivity index (χ2n) is 30.3. The fourth-order valence-electron chi connectivity index (χ4n) is 14.9. The average molecular weight is 1640 g/mol. The molecule has 9 aliphatic rings. The molecule has 116 heavy (non-hydrogen) atoms. The van der Waals surface area contributed by atoms with Gasteiger partial charge in [-0.25, -0.2) is 9.79 Å². The van der Waals surface area contributed by atoms with Gasteiger partial charge in [-0.05, 0) is 117 Å². The molecule has 14 rings (SSSR count). The molecule has 1 unspecified atom stereocenters. The van der Waals surface area contributed by atoms with E-state index in [1.54, 1.807) is 6.92 Å². The van der Waals surface area contributed by atoms with Crippen LogP contribution in [0.25, 0.3) is 11.1 Å². The number of carbonyl (C=O) groups is 8. The van der Waals surface area contributed by atoms with Gasteiger partial charge in [-0.1, -0.05) is 42.8 Å². The van der Waals surface area contributed by atoms with Crippen molar-refractivity contribution in [2.24, 2.45) is 28.1 Å². The number of nitrogens with two attached hydrogens (primary N) is 3. The molecule has 626 valence electrons. The van der Waals surface area contributed by atoms with Crippen molar-refractivity contribution in [3.63, 3.8) is 0 Å². The molecule has 5 aromatic rings. The number of carbonyl (C=O) groups excluding carboxylic acids is 7. The Labute approximate surface area is 666 Å². The van der Waals surface area contributed by atoms with Crippen LogP contribution in [0, 0.1) is 5.92 Å². The minimum atomic E-state index is -2.39. The number of ether oxygens (including phenoxy) is 9. The number of fused-ring (bicyclic) bond motifs is 15. The largest absolute Gasteiger partial charge is 0.508 e. The summed E-state index contributed by atoms with van der Waals surface area (Å²) in [6.45, 7) is 6.52. The molecule has 11 bridgehead atoms. The van der Waals surface area contributed by atoms with E-state index in [2.05, 4.69) is 36.9 Å². The number of nitrogens with one attached hydrogen (secondary N) is 6. The van der Waals surface area contributed by atoms with Crippen LogP contribution in [-0.4, -0.2) is 251 Å². The van der Waals surface area contributed by atoms with Crippen LogP contribution in [0.5, 0.6) is 46.0 Å². The number of rotatable bonds is 16. The van der Waals surface area contributed by atoms with Gasteiger partial charge in [0.25, 0.3) is 6.02 Å². The van der Waals surface area contributed by atoms with Gasteiger partial charge < -0.3 is 153 Å². The van der Waals surface area contributed by atoms with Crippen molar-refractivity contribution in [1.82, 2.24) is 36.8 Å². The number of amides is 7. The third kappa shape index (κ3) is 18.0. The first-order valence-electron chi connectivity index (χ1n) is 37.0. The Kier molecular flexibility index (Phi) is 25.3. The van der Waals surface area contributed by atoms with Gasteiger partial charge in [-0.3, -0.25) is 33.6 Å². The zero-order chi connectivity index (χ0) is 84.0. The maximum atomic E-state index is 16.5. The van der Waals surface area contributed by atoms with Crippen LogP contribution in [0.2, 0.25) is 5.02 Å². The molecule has 39 nitrogen and oxygen atoms in total. The first kappa shape index (κ1) is 85.0. The number of aliphatic carboxylic acids is 1. The molecule has 3 fully saturated rings. The Bertz CT molecular complexity index is 4620. The van der Waals surface area contributed by atoms with E-state index in [0.717, 1.165) is 48.5 Å². The van der Waals surface area contributed by atoms with Crippen molar-refractivity contribution in [3.8, 4) is 57.1 Å². The van der Waals surface area contributed by atoms with Crippen molar-refractivity contribution >= 4 is 64.9 Å². The molecule has 0 radical (unpaired) electrons. The van der Waals surface area contributed by atoms with Crippen molar-refractivity contribution in [1.29, 1.82) is 0 Å². The summed E-state index contributed by atoms with van der Waals surface area (Å²) >= 11 is 7.19. The van der Waals surface area contributed by atoms with E-state index in [9.17, 15) is 70.6 Å². The number of amidine groups is 1. The number of aromatic hydroxyl groups is 3. The predicted molar refractivity (Wildman–Crippen MR) is 399 cm³/mol. The zero-order valence-corrected chi connectivity index (χ0v) is 64.0. The lowest BCUT2D eigenvalue weighted by atomic mass is 9.86. The maximum absolute atomic E-state index is 16.5. The molecule has 23 N–H and O–H groups in total. The van der Waals surface area contributed by atoms with Gasteiger partial charge in [-0.15, -0.1) is 0 Å². The second-order valence-corrected chi connectivity index (χ2v) is 30.7. The van der Waals surface area contributed by atoms with E-state index in [1.807, 2.05) is 0 Å². The van der Waals surface area contributed by atoms with Crippen LogP contribution >= 0.6 is 11.6 Å². The van der Waals surface area contributed by atoms with Gasteiger partial charge in [-0.2, -0.15) is 0 Å². The molecular weight excluding hydrogens is 1550 g/mol. The first-order valence-corrected chi connectivity index (χ1v) is 37.4. The Morgan fingerprint density at radius 1 is 0.707 bits per heavy atom. The molecule has 0 spiro atoms. The monoisotopic (exact) mass is 1640 g/mol. The van der Waals surface area contributed by atoms with E-state index < -0.39 is 268 Å². The summed E-state index contributed by atoms with van der Waals surface area (Å²) in [4.78, 5) is 127. The normalized spacial score (nSPS) is 31.9. The molecule has 23 atom stereocenters. The molecule has 0 saturated carbocycles. The number of hydrogen-bond acceptors (Lipinski definition) is 31. The van der Waals surface area contributed by atoms with E-state index in [1.165, 1.54) is 76.0 Å². The quantitative estimate of drug-likeness (QED) is 0.0549. The van der Waals surface area contributed by atoms with Crippen LogP contribution in [0.3, 0.4) is 0 Å². The standard InChI is InChI=1S/C76H92ClN11O28/c1-29(27-89)17-42(88(6)74-81-15-16-108-74)67(101)86-56-58(95)34-10-14-45(40(77)19-34)112-47-21-35-20-46(62(47)116-73-63(60(97)59(96)48(28-90)113-73)115-51-26-76(5,80)65(99)31(3)110-51)111-37-11-7-32(8-12-37)61(114-50-25-75(4,79)64(98)30(2)109-50)57-71(105)85-55(72(106)107)39-22-36(91)23-44(93)52(39)38-18-33(9-13-43(38)92)53(68(102)87-57)84-69(103)54(35)83-66(100)41(24-49(78)94)82-70(56)104/h7-14,18-23,29-31,41-42,48,50-51,53-61,63-65,73,89-93,95-99H,15-17,24-28,79-80H2,1-6H3,(H2,78,94)(H,82,104)(H,83,100)(H,84,103)(H,85,105)(H,86,101)(H,87,102)(H,106,107)/t29?,30-,31-,41-,42+,48+,50-,51-,53+,54+,55-,56+,57-,58+,59+,60-,61+,63+,64-,65-,73-,75-,76-/m0/s1. The van der Waals surface area contributed by atoms with E-state index in [0.29, 0.717) is 0 Å². The lowest BCUT2D eigenvalue weighted by molar-refractivity contribution is -0.333. The Balaban J connectivity index is 1.10. The van der Waals surface area contributed by atoms with Crippen LogP contribution < -0.4 is 63.3 Å². The van der Waals surface area contributed by atoms with Crippen LogP contribution in [0.4, 0.5) is 0 Å². The third-order valence-corrected chi connectivity index (χ3v) is 21.6. The number of hydrogen-bond donors (Lipinski definition) is 20. The number of aliphatic hydroxyl groups excluding tert-OH is 7. The SMILES string of the molecule is CC(CO)C[C@H](C(=O)N[C@H]1C(=O)N[C@@H](CC(N)=O)C(=O)N[C@H]2C(=O)N[C@H]3C(=O)N[C@H](C(=O)N[C@H](C(=O)O)c4cc(O)cc(O)c4-c4cc3ccc4O)[C@H](O[C@H]3C[C@](C)(N)[C@@H](O)[C@H](C)O3)c3ccc(cc3)Oc3cc2cc(c3O[C@@H]2O[C@H](CO)[C@@H](O)[C@H](O)[C@H]2O[C@H]2C[C@](C)(N)[C@@H](O)[C@H](C)O2)Oc2ccc(cc2Cl)[C@H]1O)N(C)C1=NCCO1. The molecule has 0 aliphatic carbocycles. The number of nitrogens with zero attached hydrogens (tertiary/aromatic N) is 2. The number of likely N-dealkylation sites (N-methyl/N-ethyl adjacent to an activating group) is 1. The highest BCUT2D eigenvalue weighted by Crippen LogP contribution is 2.50. The van der Waals surface area contributed by atoms with Gasteiger partial charge in [0.05, 0.1) is 49.0 Å². The zero-order valence-electron chi connectivity index (χ0n) is 63.2. The van der Waals surface area contributed by atoms with Gasteiger partial charge >= 0.3 is 5.97 Å². The number of carboxylic acid groups (broad SMARTS) is 1. The van der Waals surface area contributed by atoms with Gasteiger partial charge in [0.1, 0.15) is 102 Å². The molecule has 9 heterocycles. The number of phenolic OH excluding ortho intramolecular Hbond substituents is 3. The van der Waals surface area contributed by atoms with Crippen LogP contribution in [-0.2, 0) is 66.8 Å². The van der Waals surface area contributed by atoms with E-state index in [-0.39, 0.29) is 66.6 Å². The molecule has 0 aromatic heterocycles. The summed E-state index contributed by atoms with van der Waals surface area (Å²) in [5.41, 5.74) is 13.5. The summed E-state index contributed by atoms with van der Waals surface area (Å²) < 4.78 is 57.5.